The predicted molar refractivity (Wildman–Crippen MR) is 82.7 cm³/mol. The van der Waals surface area contributed by atoms with Crippen LogP contribution in [0.2, 0.25) is 0 Å². The maximum absolute atomic E-state index is 5.73. The molecule has 0 spiro atoms. The Morgan fingerprint density at radius 2 is 1.50 bits per heavy atom. The molecule has 0 saturated heterocycles. The molecule has 0 aliphatic rings. The van der Waals surface area contributed by atoms with E-state index < -0.39 is 0 Å². The van der Waals surface area contributed by atoms with Crippen LogP contribution in [0.1, 0.15) is 11.1 Å². The van der Waals surface area contributed by atoms with Crippen LogP contribution in [0.5, 0.6) is 5.75 Å². The first-order chi connectivity index (χ1) is 8.78. The summed E-state index contributed by atoms with van der Waals surface area (Å²) in [6.45, 7) is 1.29. The fraction of sp³-hybridized carbons (Fsp3) is 0.200. The topological polar surface area (TPSA) is 35.2 Å². The fourth-order valence-electron chi connectivity index (χ4n) is 1.67. The van der Waals surface area contributed by atoms with Crippen LogP contribution in [0.25, 0.3) is 0 Å². The standard InChI is InChI=1S/C15H16INO/c16-14-5-1-13(2-6-14)11-18-15-7-3-12(4-8-15)9-10-17/h1-8H,9-11,17H2. The Labute approximate surface area is 121 Å². The highest BCUT2D eigenvalue weighted by Gasteiger charge is 1.97. The van der Waals surface area contributed by atoms with Crippen LogP contribution < -0.4 is 10.5 Å². The zero-order chi connectivity index (χ0) is 12.8. The normalized spacial score (nSPS) is 10.3. The SMILES string of the molecule is NCCc1ccc(OCc2ccc(I)cc2)cc1. The highest BCUT2D eigenvalue weighted by atomic mass is 127. The van der Waals surface area contributed by atoms with Gasteiger partial charge in [-0.05, 0) is 70.9 Å². The number of ether oxygens (including phenoxy) is 1. The zero-order valence-corrected chi connectivity index (χ0v) is 12.3. The molecule has 2 N–H and O–H groups in total. The van der Waals surface area contributed by atoms with Crippen molar-refractivity contribution in [3.63, 3.8) is 0 Å². The van der Waals surface area contributed by atoms with Crippen LogP contribution in [0.15, 0.2) is 48.5 Å². The summed E-state index contributed by atoms with van der Waals surface area (Å²) in [6.07, 6.45) is 0.914. The fourth-order valence-corrected chi connectivity index (χ4v) is 2.03. The van der Waals surface area contributed by atoms with E-state index in [1.54, 1.807) is 0 Å². The van der Waals surface area contributed by atoms with Gasteiger partial charge in [-0.3, -0.25) is 0 Å². The molecule has 0 radical (unpaired) electrons. The molecule has 0 unspecified atom stereocenters. The third kappa shape index (κ3) is 3.99. The Morgan fingerprint density at radius 3 is 2.11 bits per heavy atom. The summed E-state index contributed by atoms with van der Waals surface area (Å²) in [5, 5.41) is 0. The Kier molecular flexibility index (Phi) is 5.01. The highest BCUT2D eigenvalue weighted by Crippen LogP contribution is 2.15. The molecule has 2 aromatic carbocycles. The lowest BCUT2D eigenvalue weighted by atomic mass is 10.1. The van der Waals surface area contributed by atoms with Gasteiger partial charge in [0.25, 0.3) is 0 Å². The van der Waals surface area contributed by atoms with Crippen molar-refractivity contribution in [3.05, 3.63) is 63.2 Å². The van der Waals surface area contributed by atoms with Crippen molar-refractivity contribution in [1.82, 2.24) is 0 Å². The van der Waals surface area contributed by atoms with Crippen LogP contribution in [0.4, 0.5) is 0 Å². The van der Waals surface area contributed by atoms with Gasteiger partial charge in [0.1, 0.15) is 12.4 Å². The minimum Gasteiger partial charge on any atom is -0.489 e. The maximum Gasteiger partial charge on any atom is 0.119 e. The van der Waals surface area contributed by atoms with Crippen molar-refractivity contribution < 1.29 is 4.74 Å². The molecule has 0 saturated carbocycles. The lowest BCUT2D eigenvalue weighted by molar-refractivity contribution is 0.306. The van der Waals surface area contributed by atoms with Crippen LogP contribution >= 0.6 is 22.6 Å². The molecule has 0 aliphatic heterocycles. The minimum absolute atomic E-state index is 0.604. The molecule has 0 heterocycles. The van der Waals surface area contributed by atoms with E-state index in [9.17, 15) is 0 Å². The second-order valence-corrected chi connectivity index (χ2v) is 5.34. The average molecular weight is 353 g/mol. The van der Waals surface area contributed by atoms with Gasteiger partial charge in [0.15, 0.2) is 0 Å². The van der Waals surface area contributed by atoms with Crippen molar-refractivity contribution in [3.8, 4) is 5.75 Å². The van der Waals surface area contributed by atoms with Gasteiger partial charge in [-0.2, -0.15) is 0 Å². The van der Waals surface area contributed by atoms with Crippen molar-refractivity contribution in [2.45, 2.75) is 13.0 Å². The van der Waals surface area contributed by atoms with Gasteiger partial charge in [-0.25, -0.2) is 0 Å². The zero-order valence-electron chi connectivity index (χ0n) is 10.1. The number of hydrogen-bond donors (Lipinski definition) is 1. The summed E-state index contributed by atoms with van der Waals surface area (Å²) in [6, 6.07) is 16.5. The van der Waals surface area contributed by atoms with Gasteiger partial charge < -0.3 is 10.5 Å². The van der Waals surface area contributed by atoms with Gasteiger partial charge in [0, 0.05) is 3.57 Å². The third-order valence-electron chi connectivity index (χ3n) is 2.68. The number of hydrogen-bond acceptors (Lipinski definition) is 2. The van der Waals surface area contributed by atoms with E-state index in [4.69, 9.17) is 10.5 Å². The number of rotatable bonds is 5. The molecular weight excluding hydrogens is 337 g/mol. The Morgan fingerprint density at radius 1 is 0.889 bits per heavy atom. The van der Waals surface area contributed by atoms with E-state index in [-0.39, 0.29) is 0 Å². The molecule has 2 nitrogen and oxygen atoms in total. The largest absolute Gasteiger partial charge is 0.489 e. The monoisotopic (exact) mass is 353 g/mol. The van der Waals surface area contributed by atoms with Gasteiger partial charge in [0.2, 0.25) is 0 Å². The molecule has 0 amide bonds. The Balaban J connectivity index is 1.91. The number of halogens is 1. The molecule has 94 valence electrons. The van der Waals surface area contributed by atoms with Crippen molar-refractivity contribution in [2.75, 3.05) is 6.54 Å². The molecule has 0 fully saturated rings. The van der Waals surface area contributed by atoms with Crippen LogP contribution in [0, 0.1) is 3.57 Å². The van der Waals surface area contributed by atoms with Crippen molar-refractivity contribution in [2.24, 2.45) is 5.73 Å². The van der Waals surface area contributed by atoms with Gasteiger partial charge >= 0.3 is 0 Å². The first kappa shape index (κ1) is 13.4. The maximum atomic E-state index is 5.73. The summed E-state index contributed by atoms with van der Waals surface area (Å²) in [5.74, 6) is 0.898. The second kappa shape index (κ2) is 6.75. The minimum atomic E-state index is 0.604. The molecule has 0 aromatic heterocycles. The van der Waals surface area contributed by atoms with Gasteiger partial charge in [-0.1, -0.05) is 24.3 Å². The summed E-state index contributed by atoms with van der Waals surface area (Å²) < 4.78 is 6.97. The summed E-state index contributed by atoms with van der Waals surface area (Å²) in [5.41, 5.74) is 7.94. The molecule has 0 aliphatic carbocycles. The molecule has 18 heavy (non-hydrogen) atoms. The first-order valence-corrected chi connectivity index (χ1v) is 7.02. The first-order valence-electron chi connectivity index (χ1n) is 5.94. The lowest BCUT2D eigenvalue weighted by Crippen LogP contribution is -2.02. The summed E-state index contributed by atoms with van der Waals surface area (Å²) >= 11 is 2.30. The quantitative estimate of drug-likeness (QED) is 0.837. The molecule has 2 aromatic rings. The van der Waals surface area contributed by atoms with Crippen LogP contribution in [-0.4, -0.2) is 6.54 Å². The van der Waals surface area contributed by atoms with Gasteiger partial charge in [0.05, 0.1) is 0 Å². The Bertz CT molecular complexity index is 479. The summed E-state index contributed by atoms with van der Waals surface area (Å²) in [4.78, 5) is 0. The second-order valence-electron chi connectivity index (χ2n) is 4.10. The molecule has 3 heteroatoms. The van der Waals surface area contributed by atoms with E-state index in [0.717, 1.165) is 12.2 Å². The van der Waals surface area contributed by atoms with E-state index in [1.165, 1.54) is 14.7 Å². The molecule has 2 rings (SSSR count). The third-order valence-corrected chi connectivity index (χ3v) is 3.39. The lowest BCUT2D eigenvalue weighted by Gasteiger charge is -2.07. The Hall–Kier alpha value is -1.07. The predicted octanol–water partition coefficient (Wildman–Crippen LogP) is 3.37. The highest BCUT2D eigenvalue weighted by molar-refractivity contribution is 14.1. The van der Waals surface area contributed by atoms with Gasteiger partial charge in [-0.15, -0.1) is 0 Å². The van der Waals surface area contributed by atoms with Crippen LogP contribution in [-0.2, 0) is 13.0 Å². The van der Waals surface area contributed by atoms with Crippen molar-refractivity contribution in [1.29, 1.82) is 0 Å². The van der Waals surface area contributed by atoms with E-state index in [1.807, 2.05) is 12.1 Å². The number of benzene rings is 2. The smallest absolute Gasteiger partial charge is 0.119 e. The van der Waals surface area contributed by atoms with E-state index >= 15 is 0 Å². The summed E-state index contributed by atoms with van der Waals surface area (Å²) in [7, 11) is 0. The molecule has 0 atom stereocenters. The molecule has 0 bridgehead atoms. The van der Waals surface area contributed by atoms with Crippen LogP contribution in [0.3, 0.4) is 0 Å². The average Bonchev–Trinajstić information content (AvgIpc) is 2.40. The van der Waals surface area contributed by atoms with E-state index in [0.29, 0.717) is 13.2 Å². The number of nitrogens with two attached hydrogens (primary N) is 1. The molecular formula is C15H16INO. The van der Waals surface area contributed by atoms with E-state index in [2.05, 4.69) is 59.0 Å². The van der Waals surface area contributed by atoms with Crippen molar-refractivity contribution >= 4 is 22.6 Å².